The average molecular weight is 250 g/mol. The second-order valence-corrected chi connectivity index (χ2v) is 4.63. The highest BCUT2D eigenvalue weighted by atomic mass is 17.1. The van der Waals surface area contributed by atoms with Gasteiger partial charge in [-0.2, -0.15) is 5.26 Å². The molecule has 1 aliphatic rings. The number of rotatable bonds is 3. The molecule has 0 spiro atoms. The normalized spacial score (nSPS) is 21.8. The predicted octanol–water partition coefficient (Wildman–Crippen LogP) is 0.819. The standard InChI is InChI=1S/C13H18N2O3/c1-14-7-8-15(10-12(14)13(16)18-17)9-11-5-3-2-4-6-11/h2-6,12,17H,7-10H2,1H3. The van der Waals surface area contributed by atoms with E-state index in [4.69, 9.17) is 5.26 Å². The molecule has 1 saturated heterocycles. The summed E-state index contributed by atoms with van der Waals surface area (Å²) in [6.45, 7) is 3.07. The summed E-state index contributed by atoms with van der Waals surface area (Å²) in [4.78, 5) is 19.4. The van der Waals surface area contributed by atoms with Crippen LogP contribution in [0.15, 0.2) is 30.3 Å². The highest BCUT2D eigenvalue weighted by molar-refractivity contribution is 5.75. The SMILES string of the molecule is CN1CCN(Cc2ccccc2)CC1C(=O)OO. The minimum Gasteiger partial charge on any atom is -0.299 e. The van der Waals surface area contributed by atoms with Crippen molar-refractivity contribution in [3.05, 3.63) is 35.9 Å². The number of carbonyl (C=O) groups excluding carboxylic acids is 1. The second-order valence-electron chi connectivity index (χ2n) is 4.63. The van der Waals surface area contributed by atoms with Crippen molar-refractivity contribution >= 4 is 5.97 Å². The Morgan fingerprint density at radius 2 is 2.11 bits per heavy atom. The smallest absolute Gasteiger partial charge is 0.299 e. The van der Waals surface area contributed by atoms with Gasteiger partial charge < -0.3 is 0 Å². The van der Waals surface area contributed by atoms with Crippen LogP contribution in [0.4, 0.5) is 0 Å². The fourth-order valence-electron chi connectivity index (χ4n) is 2.23. The van der Waals surface area contributed by atoms with Crippen molar-refractivity contribution in [2.24, 2.45) is 0 Å². The van der Waals surface area contributed by atoms with Crippen LogP contribution in [-0.4, -0.2) is 53.8 Å². The monoisotopic (exact) mass is 250 g/mol. The Bertz CT molecular complexity index is 396. The zero-order valence-electron chi connectivity index (χ0n) is 10.5. The third kappa shape index (κ3) is 3.07. The molecular weight excluding hydrogens is 232 g/mol. The molecule has 1 heterocycles. The van der Waals surface area contributed by atoms with E-state index in [-0.39, 0.29) is 0 Å². The van der Waals surface area contributed by atoms with Crippen molar-refractivity contribution in [3.8, 4) is 0 Å². The summed E-state index contributed by atoms with van der Waals surface area (Å²) >= 11 is 0. The molecule has 1 fully saturated rings. The Hall–Kier alpha value is -1.43. The van der Waals surface area contributed by atoms with Gasteiger partial charge in [-0.05, 0) is 12.6 Å². The number of hydrogen-bond acceptors (Lipinski definition) is 5. The Kier molecular flexibility index (Phi) is 4.30. The van der Waals surface area contributed by atoms with Crippen LogP contribution in [0.3, 0.4) is 0 Å². The second kappa shape index (κ2) is 5.95. The van der Waals surface area contributed by atoms with Crippen molar-refractivity contribution in [3.63, 3.8) is 0 Å². The van der Waals surface area contributed by atoms with Gasteiger partial charge in [0, 0.05) is 26.2 Å². The topological polar surface area (TPSA) is 53.0 Å². The minimum atomic E-state index is -0.588. The first-order chi connectivity index (χ1) is 8.70. The Morgan fingerprint density at radius 3 is 2.78 bits per heavy atom. The number of hydrogen-bond donors (Lipinski definition) is 1. The van der Waals surface area contributed by atoms with E-state index >= 15 is 0 Å². The van der Waals surface area contributed by atoms with E-state index in [1.807, 2.05) is 30.1 Å². The van der Waals surface area contributed by atoms with Gasteiger partial charge in [-0.1, -0.05) is 30.3 Å². The summed E-state index contributed by atoms with van der Waals surface area (Å²) in [6, 6.07) is 9.73. The summed E-state index contributed by atoms with van der Waals surface area (Å²) in [5.41, 5.74) is 1.22. The predicted molar refractivity (Wildman–Crippen MR) is 66.9 cm³/mol. The van der Waals surface area contributed by atoms with Gasteiger partial charge in [0.25, 0.3) is 0 Å². The van der Waals surface area contributed by atoms with Crippen LogP contribution in [0.1, 0.15) is 5.56 Å². The Balaban J connectivity index is 1.97. The summed E-state index contributed by atoms with van der Waals surface area (Å²) in [5, 5.41) is 8.49. The highest BCUT2D eigenvalue weighted by Gasteiger charge is 2.31. The summed E-state index contributed by atoms with van der Waals surface area (Å²) in [5.74, 6) is -0.588. The third-order valence-corrected chi connectivity index (χ3v) is 3.34. The van der Waals surface area contributed by atoms with Gasteiger partial charge in [-0.15, -0.1) is 0 Å². The fourth-order valence-corrected chi connectivity index (χ4v) is 2.23. The molecule has 98 valence electrons. The molecule has 1 aliphatic heterocycles. The molecule has 0 saturated carbocycles. The van der Waals surface area contributed by atoms with E-state index in [9.17, 15) is 4.79 Å². The molecule has 1 aromatic carbocycles. The molecule has 5 heteroatoms. The largest absolute Gasteiger partial charge is 0.360 e. The maximum Gasteiger partial charge on any atom is 0.360 e. The van der Waals surface area contributed by atoms with Gasteiger partial charge in [-0.25, -0.2) is 4.79 Å². The zero-order chi connectivity index (χ0) is 13.0. The molecule has 1 unspecified atom stereocenters. The lowest BCUT2D eigenvalue weighted by molar-refractivity contribution is -0.240. The molecule has 0 bridgehead atoms. The first-order valence-corrected chi connectivity index (χ1v) is 6.02. The van der Waals surface area contributed by atoms with E-state index in [1.165, 1.54) is 5.56 Å². The third-order valence-electron chi connectivity index (χ3n) is 3.34. The molecule has 0 amide bonds. The quantitative estimate of drug-likeness (QED) is 0.636. The number of nitrogens with zero attached hydrogens (tertiary/aromatic N) is 2. The van der Waals surface area contributed by atoms with E-state index in [1.54, 1.807) is 0 Å². The van der Waals surface area contributed by atoms with Crippen molar-refractivity contribution < 1.29 is 14.9 Å². The van der Waals surface area contributed by atoms with E-state index in [2.05, 4.69) is 21.9 Å². The van der Waals surface area contributed by atoms with Gasteiger partial charge in [0.15, 0.2) is 0 Å². The summed E-state index contributed by atoms with van der Waals surface area (Å²) in [7, 11) is 1.86. The summed E-state index contributed by atoms with van der Waals surface area (Å²) < 4.78 is 0. The van der Waals surface area contributed by atoms with Crippen molar-refractivity contribution in [2.45, 2.75) is 12.6 Å². The summed E-state index contributed by atoms with van der Waals surface area (Å²) in [6.07, 6.45) is 0. The molecule has 1 aromatic rings. The van der Waals surface area contributed by atoms with Crippen molar-refractivity contribution in [1.82, 2.24) is 9.80 Å². The number of piperazine rings is 1. The molecule has 0 aliphatic carbocycles. The molecule has 2 rings (SSSR count). The highest BCUT2D eigenvalue weighted by Crippen LogP contribution is 2.12. The van der Waals surface area contributed by atoms with E-state index in [0.29, 0.717) is 6.54 Å². The lowest BCUT2D eigenvalue weighted by Crippen LogP contribution is -2.54. The molecule has 0 aromatic heterocycles. The maximum absolute atomic E-state index is 11.4. The lowest BCUT2D eigenvalue weighted by Gasteiger charge is -2.37. The maximum atomic E-state index is 11.4. The van der Waals surface area contributed by atoms with E-state index < -0.39 is 12.0 Å². The first-order valence-electron chi connectivity index (χ1n) is 6.02. The molecule has 0 radical (unpaired) electrons. The Morgan fingerprint density at radius 1 is 1.39 bits per heavy atom. The van der Waals surface area contributed by atoms with Crippen molar-refractivity contribution in [2.75, 3.05) is 26.7 Å². The van der Waals surface area contributed by atoms with Gasteiger partial charge in [0.1, 0.15) is 6.04 Å². The van der Waals surface area contributed by atoms with Gasteiger partial charge >= 0.3 is 5.97 Å². The Labute approximate surface area is 106 Å². The molecule has 1 N–H and O–H groups in total. The van der Waals surface area contributed by atoms with Crippen LogP contribution >= 0.6 is 0 Å². The van der Waals surface area contributed by atoms with Crippen LogP contribution in [0, 0.1) is 0 Å². The average Bonchev–Trinajstić information content (AvgIpc) is 2.41. The first kappa shape index (κ1) is 13.0. The van der Waals surface area contributed by atoms with Gasteiger partial charge in [-0.3, -0.25) is 14.7 Å². The lowest BCUT2D eigenvalue weighted by atomic mass is 10.1. The van der Waals surface area contributed by atoms with E-state index in [0.717, 1.165) is 19.6 Å². The van der Waals surface area contributed by atoms with Gasteiger partial charge in [0.05, 0.1) is 0 Å². The van der Waals surface area contributed by atoms with Crippen LogP contribution in [0.5, 0.6) is 0 Å². The van der Waals surface area contributed by atoms with Crippen LogP contribution < -0.4 is 0 Å². The molecule has 1 atom stereocenters. The van der Waals surface area contributed by atoms with Crippen LogP contribution in [0.25, 0.3) is 0 Å². The minimum absolute atomic E-state index is 0.396. The number of benzene rings is 1. The number of carbonyl (C=O) groups is 1. The zero-order valence-corrected chi connectivity index (χ0v) is 10.5. The van der Waals surface area contributed by atoms with Gasteiger partial charge in [0.2, 0.25) is 0 Å². The van der Waals surface area contributed by atoms with Crippen LogP contribution in [0.2, 0.25) is 0 Å². The molecular formula is C13H18N2O3. The van der Waals surface area contributed by atoms with Crippen LogP contribution in [-0.2, 0) is 16.2 Å². The fraction of sp³-hybridized carbons (Fsp3) is 0.462. The molecule has 5 nitrogen and oxygen atoms in total. The molecule has 18 heavy (non-hydrogen) atoms. The van der Waals surface area contributed by atoms with Crippen molar-refractivity contribution in [1.29, 1.82) is 0 Å². The number of likely N-dealkylation sites (N-methyl/N-ethyl adjacent to an activating group) is 1.